The maximum atomic E-state index is 12.0. The highest BCUT2D eigenvalue weighted by Gasteiger charge is 2.27. The quantitative estimate of drug-likeness (QED) is 0.711. The number of hydrogen-bond donors (Lipinski definition) is 1. The summed E-state index contributed by atoms with van der Waals surface area (Å²) in [6, 6.07) is 0.0776. The van der Waals surface area contributed by atoms with Crippen LogP contribution in [-0.4, -0.2) is 44.9 Å². The molecule has 0 aliphatic heterocycles. The van der Waals surface area contributed by atoms with Gasteiger partial charge in [-0.1, -0.05) is 19.3 Å². The van der Waals surface area contributed by atoms with Crippen molar-refractivity contribution in [1.29, 1.82) is 0 Å². The Labute approximate surface area is 115 Å². The number of carbonyl (C=O) groups is 1. The molecule has 1 N–H and O–H groups in total. The van der Waals surface area contributed by atoms with Gasteiger partial charge in [0.2, 0.25) is 0 Å². The molecule has 0 aromatic carbocycles. The summed E-state index contributed by atoms with van der Waals surface area (Å²) in [4.78, 5) is 11.1. The zero-order valence-electron chi connectivity index (χ0n) is 11.7. The minimum atomic E-state index is -3.49. The Kier molecular flexibility index (Phi) is 6.74. The molecule has 6 nitrogen and oxygen atoms in total. The van der Waals surface area contributed by atoms with Gasteiger partial charge in [-0.3, -0.25) is 4.79 Å². The van der Waals surface area contributed by atoms with Gasteiger partial charge >= 0.3 is 5.97 Å². The van der Waals surface area contributed by atoms with Crippen molar-refractivity contribution in [2.24, 2.45) is 0 Å². The first kappa shape index (κ1) is 16.4. The van der Waals surface area contributed by atoms with Crippen LogP contribution in [0.1, 0.15) is 45.4 Å². The maximum Gasteiger partial charge on any atom is 0.307 e. The second-order valence-electron chi connectivity index (χ2n) is 4.76. The number of ether oxygens (including phenoxy) is 1. The van der Waals surface area contributed by atoms with Crippen LogP contribution in [0, 0.1) is 0 Å². The standard InChI is InChI=1S/C12H24N2O4S/c1-3-18-12(15)9-10-13-19(16,17)14(2)11-7-5-4-6-8-11/h11,13H,3-10H2,1-2H3. The molecule has 0 spiro atoms. The van der Waals surface area contributed by atoms with E-state index in [0.29, 0.717) is 6.61 Å². The summed E-state index contributed by atoms with van der Waals surface area (Å²) in [7, 11) is -1.90. The number of rotatable bonds is 7. The fraction of sp³-hybridized carbons (Fsp3) is 0.917. The predicted molar refractivity (Wildman–Crippen MR) is 72.8 cm³/mol. The molecule has 19 heavy (non-hydrogen) atoms. The number of nitrogens with one attached hydrogen (secondary N) is 1. The van der Waals surface area contributed by atoms with Crippen molar-refractivity contribution in [3.8, 4) is 0 Å². The summed E-state index contributed by atoms with van der Waals surface area (Å²) in [6.45, 7) is 2.12. The van der Waals surface area contributed by atoms with E-state index < -0.39 is 10.2 Å². The van der Waals surface area contributed by atoms with Crippen LogP contribution in [0.5, 0.6) is 0 Å². The molecule has 0 radical (unpaired) electrons. The van der Waals surface area contributed by atoms with Crippen molar-refractivity contribution in [2.75, 3.05) is 20.2 Å². The van der Waals surface area contributed by atoms with E-state index >= 15 is 0 Å². The van der Waals surface area contributed by atoms with Gasteiger partial charge in [-0.25, -0.2) is 4.72 Å². The average Bonchev–Trinajstić information content (AvgIpc) is 2.39. The first-order chi connectivity index (χ1) is 8.97. The Balaban J connectivity index is 2.39. The fourth-order valence-corrected chi connectivity index (χ4v) is 3.42. The van der Waals surface area contributed by atoms with Gasteiger partial charge < -0.3 is 4.74 Å². The van der Waals surface area contributed by atoms with Crippen LogP contribution in [-0.2, 0) is 19.7 Å². The molecule has 1 aliphatic carbocycles. The molecule has 0 saturated heterocycles. The Morgan fingerprint density at radius 1 is 1.32 bits per heavy atom. The van der Waals surface area contributed by atoms with Crippen LogP contribution in [0.4, 0.5) is 0 Å². The molecule has 0 heterocycles. The third-order valence-electron chi connectivity index (χ3n) is 3.39. The zero-order chi connectivity index (χ0) is 14.3. The molecule has 0 aromatic rings. The molecule has 7 heteroatoms. The van der Waals surface area contributed by atoms with E-state index in [1.165, 1.54) is 10.7 Å². The van der Waals surface area contributed by atoms with E-state index in [2.05, 4.69) is 4.72 Å². The number of carbonyl (C=O) groups excluding carboxylic acids is 1. The molecule has 0 amide bonds. The van der Waals surface area contributed by atoms with Gasteiger partial charge in [0, 0.05) is 19.6 Å². The zero-order valence-corrected chi connectivity index (χ0v) is 12.5. The first-order valence-electron chi connectivity index (χ1n) is 6.85. The van der Waals surface area contributed by atoms with Crippen LogP contribution in [0.15, 0.2) is 0 Å². The van der Waals surface area contributed by atoms with E-state index in [0.717, 1.165) is 25.7 Å². The largest absolute Gasteiger partial charge is 0.466 e. The molecular formula is C12H24N2O4S. The van der Waals surface area contributed by atoms with Gasteiger partial charge in [0.25, 0.3) is 10.2 Å². The Morgan fingerprint density at radius 2 is 1.95 bits per heavy atom. The summed E-state index contributed by atoms with van der Waals surface area (Å²) in [5.74, 6) is -0.384. The van der Waals surface area contributed by atoms with Gasteiger partial charge in [-0.05, 0) is 19.8 Å². The smallest absolute Gasteiger partial charge is 0.307 e. The highest BCUT2D eigenvalue weighted by molar-refractivity contribution is 7.87. The van der Waals surface area contributed by atoms with Crippen molar-refractivity contribution in [3.63, 3.8) is 0 Å². The summed E-state index contributed by atoms with van der Waals surface area (Å²) in [5, 5.41) is 0. The lowest BCUT2D eigenvalue weighted by Gasteiger charge is -2.30. The molecule has 1 fully saturated rings. The van der Waals surface area contributed by atoms with Gasteiger partial charge in [-0.2, -0.15) is 12.7 Å². The van der Waals surface area contributed by atoms with E-state index in [4.69, 9.17) is 4.74 Å². The third kappa shape index (κ3) is 5.46. The lowest BCUT2D eigenvalue weighted by atomic mass is 9.96. The summed E-state index contributed by atoms with van der Waals surface area (Å²) < 4.78 is 32.7. The maximum absolute atomic E-state index is 12.0. The normalized spacial score (nSPS) is 17.6. The SMILES string of the molecule is CCOC(=O)CCNS(=O)(=O)N(C)C1CCCCC1. The lowest BCUT2D eigenvalue weighted by Crippen LogP contribution is -2.45. The molecule has 0 aromatic heterocycles. The average molecular weight is 292 g/mol. The molecule has 0 atom stereocenters. The summed E-state index contributed by atoms with van der Waals surface area (Å²) >= 11 is 0. The van der Waals surface area contributed by atoms with E-state index in [9.17, 15) is 13.2 Å². The molecular weight excluding hydrogens is 268 g/mol. The van der Waals surface area contributed by atoms with Crippen molar-refractivity contribution in [1.82, 2.24) is 9.03 Å². The van der Waals surface area contributed by atoms with Crippen molar-refractivity contribution in [2.45, 2.75) is 51.5 Å². The van der Waals surface area contributed by atoms with Crippen LogP contribution >= 0.6 is 0 Å². The highest BCUT2D eigenvalue weighted by atomic mass is 32.2. The second kappa shape index (κ2) is 7.81. The molecule has 1 rings (SSSR count). The predicted octanol–water partition coefficient (Wildman–Crippen LogP) is 1.04. The van der Waals surface area contributed by atoms with Crippen LogP contribution in [0.3, 0.4) is 0 Å². The van der Waals surface area contributed by atoms with E-state index in [1.807, 2.05) is 0 Å². The van der Waals surface area contributed by atoms with Crippen molar-refractivity contribution in [3.05, 3.63) is 0 Å². The van der Waals surface area contributed by atoms with Gasteiger partial charge in [0.05, 0.1) is 13.0 Å². The monoisotopic (exact) mass is 292 g/mol. The second-order valence-corrected chi connectivity index (χ2v) is 6.58. The van der Waals surface area contributed by atoms with Crippen LogP contribution < -0.4 is 4.72 Å². The van der Waals surface area contributed by atoms with Crippen LogP contribution in [0.2, 0.25) is 0 Å². The summed E-state index contributed by atoms with van der Waals surface area (Å²) in [5.41, 5.74) is 0. The number of esters is 1. The topological polar surface area (TPSA) is 75.7 Å². The van der Waals surface area contributed by atoms with Gasteiger partial charge in [-0.15, -0.1) is 0 Å². The Hall–Kier alpha value is -0.660. The van der Waals surface area contributed by atoms with E-state index in [1.54, 1.807) is 14.0 Å². The van der Waals surface area contributed by atoms with Gasteiger partial charge in [0.1, 0.15) is 0 Å². The lowest BCUT2D eigenvalue weighted by molar-refractivity contribution is -0.142. The fourth-order valence-electron chi connectivity index (χ4n) is 2.26. The molecule has 1 aliphatic rings. The molecule has 0 unspecified atom stereocenters. The third-order valence-corrected chi connectivity index (χ3v) is 5.01. The summed E-state index contributed by atoms with van der Waals surface area (Å²) in [6.07, 6.45) is 5.22. The minimum Gasteiger partial charge on any atom is -0.466 e. The van der Waals surface area contributed by atoms with Gasteiger partial charge in [0.15, 0.2) is 0 Å². The molecule has 0 bridgehead atoms. The van der Waals surface area contributed by atoms with E-state index in [-0.39, 0.29) is 25.0 Å². The highest BCUT2D eigenvalue weighted by Crippen LogP contribution is 2.22. The van der Waals surface area contributed by atoms with Crippen molar-refractivity contribution >= 4 is 16.2 Å². The Morgan fingerprint density at radius 3 is 2.53 bits per heavy atom. The molecule has 1 saturated carbocycles. The number of hydrogen-bond acceptors (Lipinski definition) is 4. The molecule has 112 valence electrons. The number of nitrogens with zero attached hydrogens (tertiary/aromatic N) is 1. The van der Waals surface area contributed by atoms with Crippen LogP contribution in [0.25, 0.3) is 0 Å². The minimum absolute atomic E-state index is 0.0611. The Bertz CT molecular complexity index is 377. The first-order valence-corrected chi connectivity index (χ1v) is 8.29. The van der Waals surface area contributed by atoms with Crippen molar-refractivity contribution < 1.29 is 17.9 Å².